The van der Waals surface area contributed by atoms with Crippen molar-refractivity contribution in [1.82, 2.24) is 19.9 Å². The van der Waals surface area contributed by atoms with Crippen molar-refractivity contribution in [2.75, 3.05) is 19.6 Å². The van der Waals surface area contributed by atoms with Crippen LogP contribution in [0.2, 0.25) is 0 Å². The van der Waals surface area contributed by atoms with E-state index in [1.165, 1.54) is 0 Å². The van der Waals surface area contributed by atoms with E-state index in [2.05, 4.69) is 22.8 Å². The van der Waals surface area contributed by atoms with Crippen LogP contribution in [0.5, 0.6) is 0 Å². The second kappa shape index (κ2) is 10.3. The lowest BCUT2D eigenvalue weighted by molar-refractivity contribution is -0.139. The number of aryl methyl sites for hydroxylation is 1. The largest absolute Gasteiger partial charge is 0.361 e. The summed E-state index contributed by atoms with van der Waals surface area (Å²) in [4.78, 5) is 34.3. The van der Waals surface area contributed by atoms with Gasteiger partial charge in [0.25, 0.3) is 5.91 Å². The molecule has 0 unspecified atom stereocenters. The molecule has 0 bridgehead atoms. The van der Waals surface area contributed by atoms with Crippen LogP contribution in [0, 0.1) is 0 Å². The number of nitrogens with zero attached hydrogens (tertiary/aromatic N) is 4. The van der Waals surface area contributed by atoms with Crippen LogP contribution in [-0.4, -0.2) is 57.4 Å². The SMILES string of the molecule is C=CCN1CCN(C(=O)c2cc(CCC)on2)[C@H](Cc2cccc(-c3cccnc3)c2)C1=O. The molecule has 0 N–H and O–H groups in total. The minimum absolute atomic E-state index is 0.0847. The molecule has 0 spiro atoms. The Balaban J connectivity index is 1.61. The summed E-state index contributed by atoms with van der Waals surface area (Å²) in [6, 6.07) is 13.0. The van der Waals surface area contributed by atoms with Crippen LogP contribution in [0.1, 0.15) is 35.2 Å². The zero-order valence-corrected chi connectivity index (χ0v) is 18.8. The van der Waals surface area contributed by atoms with E-state index in [4.69, 9.17) is 4.52 Å². The van der Waals surface area contributed by atoms with Gasteiger partial charge in [0.15, 0.2) is 5.69 Å². The molecule has 1 aliphatic rings. The van der Waals surface area contributed by atoms with Crippen molar-refractivity contribution in [2.24, 2.45) is 0 Å². The van der Waals surface area contributed by atoms with Gasteiger partial charge in [-0.15, -0.1) is 6.58 Å². The first-order chi connectivity index (χ1) is 16.1. The topological polar surface area (TPSA) is 79.5 Å². The molecule has 3 aromatic rings. The predicted molar refractivity (Wildman–Crippen MR) is 125 cm³/mol. The first kappa shape index (κ1) is 22.5. The van der Waals surface area contributed by atoms with Crippen LogP contribution in [0.25, 0.3) is 11.1 Å². The number of benzene rings is 1. The van der Waals surface area contributed by atoms with Crippen molar-refractivity contribution in [3.63, 3.8) is 0 Å². The summed E-state index contributed by atoms with van der Waals surface area (Å²) in [7, 11) is 0. The van der Waals surface area contributed by atoms with Gasteiger partial charge in [0.05, 0.1) is 0 Å². The highest BCUT2D eigenvalue weighted by atomic mass is 16.5. The molecule has 0 aliphatic carbocycles. The number of hydrogen-bond donors (Lipinski definition) is 0. The highest BCUT2D eigenvalue weighted by molar-refractivity contribution is 5.97. The Morgan fingerprint density at radius 2 is 2.06 bits per heavy atom. The molecule has 3 heterocycles. The van der Waals surface area contributed by atoms with E-state index in [9.17, 15) is 9.59 Å². The molecule has 0 saturated carbocycles. The molecule has 1 atom stereocenters. The van der Waals surface area contributed by atoms with E-state index < -0.39 is 6.04 Å². The number of amides is 2. The van der Waals surface area contributed by atoms with Crippen molar-refractivity contribution in [2.45, 2.75) is 32.2 Å². The summed E-state index contributed by atoms with van der Waals surface area (Å²) in [5, 5.41) is 3.97. The molecule has 1 aromatic carbocycles. The van der Waals surface area contributed by atoms with Crippen LogP contribution in [-0.2, 0) is 17.6 Å². The van der Waals surface area contributed by atoms with Crippen molar-refractivity contribution in [3.05, 3.63) is 84.5 Å². The average Bonchev–Trinajstić information content (AvgIpc) is 3.31. The second-order valence-corrected chi connectivity index (χ2v) is 8.16. The summed E-state index contributed by atoms with van der Waals surface area (Å²) in [5.41, 5.74) is 3.24. The molecule has 2 amide bonds. The molecule has 0 radical (unpaired) electrons. The summed E-state index contributed by atoms with van der Waals surface area (Å²) in [6.07, 6.45) is 7.29. The summed E-state index contributed by atoms with van der Waals surface area (Å²) < 4.78 is 5.31. The number of hydrogen-bond acceptors (Lipinski definition) is 5. The van der Waals surface area contributed by atoms with Crippen molar-refractivity contribution >= 4 is 11.8 Å². The van der Waals surface area contributed by atoms with Crippen molar-refractivity contribution in [1.29, 1.82) is 0 Å². The molecule has 33 heavy (non-hydrogen) atoms. The Bertz CT molecular complexity index is 1130. The minimum Gasteiger partial charge on any atom is -0.361 e. The molecular formula is C26H28N4O3. The molecule has 1 aliphatic heterocycles. The maximum absolute atomic E-state index is 13.4. The number of rotatable bonds is 8. The standard InChI is InChI=1S/C26H28N4O3/c1-3-7-22-17-23(28-33-22)25(31)30-14-13-29(12-4-2)26(32)24(30)16-19-8-5-9-20(15-19)21-10-6-11-27-18-21/h4-6,8-11,15,17-18,24H,2-3,7,12-14,16H2,1H3/t24-/m1/s1. The van der Waals surface area contributed by atoms with Crippen molar-refractivity contribution in [3.8, 4) is 11.1 Å². The number of aromatic nitrogens is 2. The molecule has 7 nitrogen and oxygen atoms in total. The highest BCUT2D eigenvalue weighted by Gasteiger charge is 2.38. The zero-order valence-electron chi connectivity index (χ0n) is 18.8. The van der Waals surface area contributed by atoms with Gasteiger partial charge in [-0.1, -0.05) is 48.5 Å². The third-order valence-electron chi connectivity index (χ3n) is 5.82. The van der Waals surface area contributed by atoms with Gasteiger partial charge in [-0.25, -0.2) is 0 Å². The molecule has 2 aromatic heterocycles. The Morgan fingerprint density at radius 3 is 2.82 bits per heavy atom. The quantitative estimate of drug-likeness (QED) is 0.494. The lowest BCUT2D eigenvalue weighted by atomic mass is 9.97. The second-order valence-electron chi connectivity index (χ2n) is 8.16. The Morgan fingerprint density at radius 1 is 1.21 bits per heavy atom. The Labute approximate surface area is 193 Å². The normalized spacial score (nSPS) is 16.2. The third-order valence-corrected chi connectivity index (χ3v) is 5.82. The molecule has 1 fully saturated rings. The van der Waals surface area contributed by atoms with E-state index in [0.717, 1.165) is 29.5 Å². The minimum atomic E-state index is -0.623. The number of piperazine rings is 1. The zero-order chi connectivity index (χ0) is 23.2. The van der Waals surface area contributed by atoms with E-state index in [1.807, 2.05) is 43.5 Å². The molecule has 7 heteroatoms. The van der Waals surface area contributed by atoms with Gasteiger partial charge in [0, 0.05) is 50.9 Å². The van der Waals surface area contributed by atoms with Gasteiger partial charge in [-0.05, 0) is 29.2 Å². The molecule has 1 saturated heterocycles. The monoisotopic (exact) mass is 444 g/mol. The smallest absolute Gasteiger partial charge is 0.276 e. The summed E-state index contributed by atoms with van der Waals surface area (Å²) in [6.45, 7) is 7.15. The maximum atomic E-state index is 13.4. The summed E-state index contributed by atoms with van der Waals surface area (Å²) in [5.74, 6) is 0.317. The van der Waals surface area contributed by atoms with Gasteiger partial charge in [0.2, 0.25) is 5.91 Å². The third kappa shape index (κ3) is 5.03. The first-order valence-electron chi connectivity index (χ1n) is 11.3. The Kier molecular flexibility index (Phi) is 6.98. The lowest BCUT2D eigenvalue weighted by Gasteiger charge is -2.40. The van der Waals surface area contributed by atoms with E-state index in [-0.39, 0.29) is 17.5 Å². The van der Waals surface area contributed by atoms with Crippen LogP contribution in [0.4, 0.5) is 0 Å². The van der Waals surface area contributed by atoms with Gasteiger partial charge in [0.1, 0.15) is 11.8 Å². The Hall–Kier alpha value is -3.74. The van der Waals surface area contributed by atoms with Gasteiger partial charge in [-0.2, -0.15) is 0 Å². The van der Waals surface area contributed by atoms with Gasteiger partial charge in [-0.3, -0.25) is 14.6 Å². The fraction of sp³-hybridized carbons (Fsp3) is 0.308. The highest BCUT2D eigenvalue weighted by Crippen LogP contribution is 2.23. The van der Waals surface area contributed by atoms with Gasteiger partial charge >= 0.3 is 0 Å². The first-order valence-corrected chi connectivity index (χ1v) is 11.3. The van der Waals surface area contributed by atoms with Crippen LogP contribution in [0.15, 0.2) is 72.0 Å². The van der Waals surface area contributed by atoms with E-state index in [0.29, 0.717) is 31.8 Å². The number of carbonyl (C=O) groups excluding carboxylic acids is 2. The van der Waals surface area contributed by atoms with E-state index >= 15 is 0 Å². The fourth-order valence-electron chi connectivity index (χ4n) is 4.18. The molecular weight excluding hydrogens is 416 g/mol. The maximum Gasteiger partial charge on any atom is 0.276 e. The van der Waals surface area contributed by atoms with E-state index in [1.54, 1.807) is 28.1 Å². The van der Waals surface area contributed by atoms with Crippen LogP contribution in [0.3, 0.4) is 0 Å². The fourth-order valence-corrected chi connectivity index (χ4v) is 4.18. The predicted octanol–water partition coefficient (Wildman–Crippen LogP) is 3.77. The van der Waals surface area contributed by atoms with Crippen molar-refractivity contribution < 1.29 is 14.1 Å². The average molecular weight is 445 g/mol. The van der Waals surface area contributed by atoms with Gasteiger partial charge < -0.3 is 14.3 Å². The van der Waals surface area contributed by atoms with Crippen LogP contribution >= 0.6 is 0 Å². The number of pyridine rings is 1. The lowest BCUT2D eigenvalue weighted by Crippen LogP contribution is -2.59. The summed E-state index contributed by atoms with van der Waals surface area (Å²) >= 11 is 0. The molecule has 170 valence electrons. The molecule has 4 rings (SSSR count). The number of carbonyl (C=O) groups is 2. The van der Waals surface area contributed by atoms with Crippen LogP contribution < -0.4 is 0 Å².